The van der Waals surface area contributed by atoms with Crippen LogP contribution in [-0.2, 0) is 0 Å². The van der Waals surface area contributed by atoms with Gasteiger partial charge in [0, 0.05) is 13.1 Å². The molecule has 0 saturated carbocycles. The fraction of sp³-hybridized carbons (Fsp3) is 0.733. The topological polar surface area (TPSA) is 67.6 Å². The van der Waals surface area contributed by atoms with E-state index >= 15 is 0 Å². The Balaban J connectivity index is 2.62. The molecule has 0 aromatic carbocycles. The molecule has 0 fully saturated rings. The lowest BCUT2D eigenvalue weighted by molar-refractivity contribution is 0.0919. The van der Waals surface area contributed by atoms with Gasteiger partial charge in [0.1, 0.15) is 0 Å². The highest BCUT2D eigenvalue weighted by Gasteiger charge is 2.23. The molecule has 0 aliphatic carbocycles. The van der Waals surface area contributed by atoms with Crippen molar-refractivity contribution >= 4 is 5.91 Å². The maximum Gasteiger partial charge on any atom is 0.314 e. The van der Waals surface area contributed by atoms with E-state index in [1.54, 1.807) is 6.92 Å². The van der Waals surface area contributed by atoms with Gasteiger partial charge in [-0.3, -0.25) is 4.79 Å². The Morgan fingerprint density at radius 2 is 2.10 bits per heavy atom. The molecule has 0 spiro atoms. The zero-order chi connectivity index (χ0) is 16.0. The van der Waals surface area contributed by atoms with Crippen molar-refractivity contribution in [3.8, 4) is 5.95 Å². The van der Waals surface area contributed by atoms with E-state index in [1.165, 1.54) is 0 Å². The average molecular weight is 297 g/mol. The molecule has 0 saturated heterocycles. The zero-order valence-electron chi connectivity index (χ0n) is 13.9. The van der Waals surface area contributed by atoms with E-state index < -0.39 is 0 Å². The summed E-state index contributed by atoms with van der Waals surface area (Å²) < 4.78 is 10.5. The Hall–Kier alpha value is -1.56. The number of nitrogens with one attached hydrogen (secondary N) is 1. The molecule has 0 bridgehead atoms. The summed E-state index contributed by atoms with van der Waals surface area (Å²) in [4.78, 5) is 14.3. The number of nitrogens with zero attached hydrogens (tertiary/aromatic N) is 2. The maximum absolute atomic E-state index is 12.2. The van der Waals surface area contributed by atoms with Gasteiger partial charge >= 0.3 is 5.95 Å². The quantitative estimate of drug-likeness (QED) is 0.796. The lowest BCUT2D eigenvalue weighted by Gasteiger charge is -2.28. The third kappa shape index (κ3) is 5.38. The van der Waals surface area contributed by atoms with Crippen LogP contribution in [0.4, 0.5) is 0 Å². The second-order valence-electron chi connectivity index (χ2n) is 6.38. The third-order valence-electron chi connectivity index (χ3n) is 3.01. The van der Waals surface area contributed by atoms with Crippen LogP contribution < -0.4 is 10.1 Å². The molecule has 6 nitrogen and oxygen atoms in total. The Bertz CT molecular complexity index is 467. The van der Waals surface area contributed by atoms with Crippen molar-refractivity contribution in [3.63, 3.8) is 0 Å². The first-order chi connectivity index (χ1) is 9.76. The third-order valence-corrected chi connectivity index (χ3v) is 3.01. The van der Waals surface area contributed by atoms with Gasteiger partial charge < -0.3 is 19.5 Å². The molecule has 0 radical (unpaired) electrons. The fourth-order valence-corrected chi connectivity index (χ4v) is 2.18. The van der Waals surface area contributed by atoms with Gasteiger partial charge in [0.15, 0.2) is 5.69 Å². The Kier molecular flexibility index (Phi) is 6.20. The summed E-state index contributed by atoms with van der Waals surface area (Å²) in [6.07, 6.45) is 0.875. The van der Waals surface area contributed by atoms with Crippen LogP contribution in [-0.4, -0.2) is 49.8 Å². The Labute approximate surface area is 126 Å². The molecule has 0 aliphatic rings. The number of hydrogen-bond donors (Lipinski definition) is 1. The minimum absolute atomic E-state index is 0.0155. The van der Waals surface area contributed by atoms with Gasteiger partial charge in [-0.2, -0.15) is 0 Å². The number of aromatic nitrogens is 1. The normalized spacial score (nSPS) is 11.8. The number of hydrogen-bond acceptors (Lipinski definition) is 5. The lowest BCUT2D eigenvalue weighted by atomic mass is 9.93. The van der Waals surface area contributed by atoms with E-state index in [1.807, 2.05) is 21.0 Å². The average Bonchev–Trinajstić information content (AvgIpc) is 2.73. The monoisotopic (exact) mass is 297 g/mol. The van der Waals surface area contributed by atoms with Gasteiger partial charge in [0.25, 0.3) is 5.91 Å². The van der Waals surface area contributed by atoms with Crippen molar-refractivity contribution in [2.45, 2.75) is 34.1 Å². The van der Waals surface area contributed by atoms with E-state index in [-0.39, 0.29) is 11.3 Å². The first kappa shape index (κ1) is 17.5. The van der Waals surface area contributed by atoms with Crippen LogP contribution >= 0.6 is 0 Å². The van der Waals surface area contributed by atoms with Crippen molar-refractivity contribution in [2.75, 3.05) is 33.8 Å². The van der Waals surface area contributed by atoms with Crippen LogP contribution in [0.25, 0.3) is 0 Å². The summed E-state index contributed by atoms with van der Waals surface area (Å²) in [5.74, 6) is 0.101. The fourth-order valence-electron chi connectivity index (χ4n) is 2.18. The van der Waals surface area contributed by atoms with E-state index in [0.717, 1.165) is 13.0 Å². The molecular formula is C15H27N3O3. The predicted molar refractivity (Wildman–Crippen MR) is 81.7 cm³/mol. The summed E-state index contributed by atoms with van der Waals surface area (Å²) >= 11 is 0. The van der Waals surface area contributed by atoms with Crippen LogP contribution in [0.5, 0.6) is 5.95 Å². The number of ether oxygens (including phenoxy) is 1. The van der Waals surface area contributed by atoms with Crippen molar-refractivity contribution in [2.24, 2.45) is 5.41 Å². The highest BCUT2D eigenvalue weighted by molar-refractivity contribution is 5.93. The number of amides is 1. The maximum atomic E-state index is 12.2. The molecule has 1 rings (SSSR count). The van der Waals surface area contributed by atoms with Crippen LogP contribution in [0, 0.1) is 12.3 Å². The van der Waals surface area contributed by atoms with E-state index in [2.05, 4.69) is 29.2 Å². The first-order valence-electron chi connectivity index (χ1n) is 7.29. The standard InChI is InChI=1S/C15H27N3O3/c1-7-8-20-14-11(2)12(17-21-14)13(19)16-9-15(3,4)10-18(5)6/h7-10H2,1-6H3,(H,16,19). The molecule has 0 unspecified atom stereocenters. The van der Waals surface area contributed by atoms with Crippen LogP contribution in [0.15, 0.2) is 4.52 Å². The molecule has 1 amide bonds. The van der Waals surface area contributed by atoms with Gasteiger partial charge in [0.05, 0.1) is 12.2 Å². The van der Waals surface area contributed by atoms with Crippen molar-refractivity contribution in [3.05, 3.63) is 11.3 Å². The molecule has 1 N–H and O–H groups in total. The summed E-state index contributed by atoms with van der Waals surface area (Å²) in [6, 6.07) is 0. The second kappa shape index (κ2) is 7.45. The van der Waals surface area contributed by atoms with Crippen LogP contribution in [0.3, 0.4) is 0 Å². The minimum atomic E-state index is -0.227. The van der Waals surface area contributed by atoms with Crippen LogP contribution in [0.1, 0.15) is 43.2 Å². The molecule has 0 aliphatic heterocycles. The van der Waals surface area contributed by atoms with Crippen molar-refractivity contribution < 1.29 is 14.1 Å². The summed E-state index contributed by atoms with van der Waals surface area (Å²) in [5.41, 5.74) is 0.923. The van der Waals surface area contributed by atoms with Crippen LogP contribution in [0.2, 0.25) is 0 Å². The summed E-state index contributed by atoms with van der Waals surface area (Å²) in [6.45, 7) is 10.0. The molecule has 6 heteroatoms. The molecule has 21 heavy (non-hydrogen) atoms. The lowest BCUT2D eigenvalue weighted by Crippen LogP contribution is -2.40. The van der Waals surface area contributed by atoms with Gasteiger partial charge in [-0.15, -0.1) is 0 Å². The Morgan fingerprint density at radius 1 is 1.43 bits per heavy atom. The molecule has 1 heterocycles. The van der Waals surface area contributed by atoms with E-state index in [4.69, 9.17) is 9.26 Å². The van der Waals surface area contributed by atoms with Crippen molar-refractivity contribution in [1.29, 1.82) is 0 Å². The predicted octanol–water partition coefficient (Wildman–Crippen LogP) is 2.09. The number of rotatable bonds is 8. The zero-order valence-corrected chi connectivity index (χ0v) is 13.9. The Morgan fingerprint density at radius 3 is 2.67 bits per heavy atom. The molecule has 120 valence electrons. The number of carbonyl (C=O) groups excluding carboxylic acids is 1. The highest BCUT2D eigenvalue weighted by Crippen LogP contribution is 2.21. The number of carbonyl (C=O) groups is 1. The molecule has 1 aromatic rings. The first-order valence-corrected chi connectivity index (χ1v) is 7.29. The van der Waals surface area contributed by atoms with E-state index in [0.29, 0.717) is 30.4 Å². The summed E-state index contributed by atoms with van der Waals surface area (Å²) in [5, 5.41) is 6.72. The van der Waals surface area contributed by atoms with Gasteiger partial charge in [-0.05, 0) is 32.9 Å². The highest BCUT2D eigenvalue weighted by atomic mass is 16.6. The minimum Gasteiger partial charge on any atom is -0.464 e. The van der Waals surface area contributed by atoms with Gasteiger partial charge in [-0.25, -0.2) is 0 Å². The molecule has 0 atom stereocenters. The largest absolute Gasteiger partial charge is 0.464 e. The molecule has 1 aromatic heterocycles. The smallest absolute Gasteiger partial charge is 0.314 e. The SMILES string of the molecule is CCCOc1onc(C(=O)NCC(C)(C)CN(C)C)c1C. The second-order valence-corrected chi connectivity index (χ2v) is 6.38. The summed E-state index contributed by atoms with van der Waals surface area (Å²) in [7, 11) is 4.03. The van der Waals surface area contributed by atoms with E-state index in [9.17, 15) is 4.79 Å². The van der Waals surface area contributed by atoms with Gasteiger partial charge in [-0.1, -0.05) is 25.9 Å². The van der Waals surface area contributed by atoms with Gasteiger partial charge in [0.2, 0.25) is 0 Å². The molecular weight excluding hydrogens is 270 g/mol. The van der Waals surface area contributed by atoms with Crippen molar-refractivity contribution in [1.82, 2.24) is 15.4 Å².